The fourth-order valence-corrected chi connectivity index (χ4v) is 5.75. The molecule has 3 N–H and O–H groups in total. The van der Waals surface area contributed by atoms with Crippen LogP contribution in [0.2, 0.25) is 0 Å². The van der Waals surface area contributed by atoms with Gasteiger partial charge in [0.1, 0.15) is 0 Å². The van der Waals surface area contributed by atoms with Gasteiger partial charge in [0.25, 0.3) is 0 Å². The van der Waals surface area contributed by atoms with Crippen LogP contribution in [0.25, 0.3) is 0 Å². The van der Waals surface area contributed by atoms with Gasteiger partial charge in [0.15, 0.2) is 34.7 Å². The van der Waals surface area contributed by atoms with Crippen LogP contribution in [0.5, 0.6) is 0 Å². The van der Waals surface area contributed by atoms with E-state index in [9.17, 15) is 29.1 Å². The van der Waals surface area contributed by atoms with E-state index in [1.165, 1.54) is 4.90 Å². The molecule has 0 heterocycles. The topological polar surface area (TPSA) is 135 Å². The molecule has 8 nitrogen and oxygen atoms in total. The number of hydrogen-bond acceptors (Lipinski definition) is 7. The third-order valence-electron chi connectivity index (χ3n) is 7.03. The number of aliphatic hydroxyl groups is 1. The molecule has 4 rings (SSSR count). The number of rotatable bonds is 2. The molecule has 2 unspecified atom stereocenters. The minimum atomic E-state index is -2.60. The lowest BCUT2D eigenvalue weighted by molar-refractivity contribution is -0.181. The quantitative estimate of drug-likeness (QED) is 0.624. The molecule has 2 saturated carbocycles. The Morgan fingerprint density at radius 2 is 1.83 bits per heavy atom. The minimum absolute atomic E-state index is 0.137. The number of aryl methyl sites for hydroxylation is 1. The number of carbonyl (C=O) groups is 5. The SMILES string of the molecule is Cc1cccc2c1C(=O)C1C(=O)[C@]3(O)C(=O)C(C(N)=O)C(=O)[C@@H](N(C)C)[C@@H]3C[C@@H]1C2. The second kappa shape index (κ2) is 6.65. The van der Waals surface area contributed by atoms with Crippen LogP contribution in [0, 0.1) is 30.6 Å². The fraction of sp³-hybridized carbons (Fsp3) is 0.500. The van der Waals surface area contributed by atoms with Gasteiger partial charge >= 0.3 is 0 Å². The largest absolute Gasteiger partial charge is 0.374 e. The molecule has 1 amide bonds. The number of benzene rings is 1. The second-order valence-electron chi connectivity index (χ2n) is 8.90. The number of nitrogens with two attached hydrogens (primary N) is 1. The van der Waals surface area contributed by atoms with Gasteiger partial charge in [0.05, 0.1) is 12.0 Å². The van der Waals surface area contributed by atoms with Crippen LogP contribution in [0.1, 0.15) is 27.9 Å². The molecule has 0 radical (unpaired) electrons. The molecule has 0 aliphatic heterocycles. The van der Waals surface area contributed by atoms with E-state index in [1.54, 1.807) is 27.1 Å². The van der Waals surface area contributed by atoms with Crippen molar-refractivity contribution in [3.05, 3.63) is 34.9 Å². The van der Waals surface area contributed by atoms with Crippen LogP contribution in [0.15, 0.2) is 18.2 Å². The number of amides is 1. The number of fused-ring (bicyclic) bond motifs is 3. The number of primary amides is 1. The van der Waals surface area contributed by atoms with Crippen molar-refractivity contribution in [2.45, 2.75) is 31.4 Å². The summed E-state index contributed by atoms with van der Waals surface area (Å²) in [6.45, 7) is 1.78. The van der Waals surface area contributed by atoms with Crippen LogP contribution >= 0.6 is 0 Å². The molecule has 2 fully saturated rings. The van der Waals surface area contributed by atoms with Crippen LogP contribution in [0.4, 0.5) is 0 Å². The highest BCUT2D eigenvalue weighted by Gasteiger charge is 2.69. The Labute approximate surface area is 173 Å². The second-order valence-corrected chi connectivity index (χ2v) is 8.90. The van der Waals surface area contributed by atoms with E-state index in [0.717, 1.165) is 11.1 Å². The van der Waals surface area contributed by atoms with Gasteiger partial charge in [0.2, 0.25) is 5.91 Å². The smallest absolute Gasteiger partial charge is 0.235 e. The van der Waals surface area contributed by atoms with Gasteiger partial charge in [-0.15, -0.1) is 0 Å². The van der Waals surface area contributed by atoms with E-state index < -0.39 is 64.4 Å². The molecule has 1 aromatic rings. The maximum absolute atomic E-state index is 13.5. The lowest BCUT2D eigenvalue weighted by Crippen LogP contribution is -2.74. The highest BCUT2D eigenvalue weighted by atomic mass is 16.3. The summed E-state index contributed by atoms with van der Waals surface area (Å²) in [7, 11) is 3.16. The number of likely N-dealkylation sites (N-methyl/N-ethyl adjacent to an activating group) is 1. The van der Waals surface area contributed by atoms with Gasteiger partial charge < -0.3 is 10.8 Å². The molecule has 158 valence electrons. The predicted octanol–water partition coefficient (Wildman–Crippen LogP) is -0.530. The minimum Gasteiger partial charge on any atom is -0.374 e. The van der Waals surface area contributed by atoms with Crippen LogP contribution < -0.4 is 5.73 Å². The van der Waals surface area contributed by atoms with Crippen LogP contribution in [-0.4, -0.2) is 64.8 Å². The molecular weight excluding hydrogens is 388 g/mol. The predicted molar refractivity (Wildman–Crippen MR) is 104 cm³/mol. The molecule has 6 atom stereocenters. The lowest BCUT2D eigenvalue weighted by Gasteiger charge is -2.52. The number of hydrogen-bond donors (Lipinski definition) is 2. The Bertz CT molecular complexity index is 1010. The molecule has 0 aromatic heterocycles. The van der Waals surface area contributed by atoms with Crippen molar-refractivity contribution < 1.29 is 29.1 Å². The average Bonchev–Trinajstić information content (AvgIpc) is 2.64. The molecule has 0 saturated heterocycles. The molecule has 8 heteroatoms. The molecule has 3 aliphatic rings. The van der Waals surface area contributed by atoms with Crippen LogP contribution in [0.3, 0.4) is 0 Å². The van der Waals surface area contributed by atoms with Crippen molar-refractivity contribution in [1.29, 1.82) is 0 Å². The lowest BCUT2D eigenvalue weighted by atomic mass is 9.52. The third-order valence-corrected chi connectivity index (χ3v) is 7.03. The van der Waals surface area contributed by atoms with Gasteiger partial charge in [-0.05, 0) is 50.9 Å². The summed E-state index contributed by atoms with van der Waals surface area (Å²) >= 11 is 0. The number of nitrogens with zero attached hydrogens (tertiary/aromatic N) is 1. The van der Waals surface area contributed by atoms with Crippen molar-refractivity contribution in [3.8, 4) is 0 Å². The van der Waals surface area contributed by atoms with Gasteiger partial charge in [-0.1, -0.05) is 18.2 Å². The molecule has 0 spiro atoms. The Morgan fingerprint density at radius 3 is 2.43 bits per heavy atom. The van der Waals surface area contributed by atoms with Gasteiger partial charge in [-0.3, -0.25) is 28.9 Å². The zero-order chi connectivity index (χ0) is 22.1. The van der Waals surface area contributed by atoms with Crippen molar-refractivity contribution >= 4 is 29.0 Å². The van der Waals surface area contributed by atoms with Crippen molar-refractivity contribution in [3.63, 3.8) is 0 Å². The highest BCUT2D eigenvalue weighted by molar-refractivity contribution is 6.32. The Kier molecular flexibility index (Phi) is 4.56. The normalized spacial score (nSPS) is 35.7. The van der Waals surface area contributed by atoms with Gasteiger partial charge in [0, 0.05) is 11.5 Å². The number of ketones is 4. The summed E-state index contributed by atoms with van der Waals surface area (Å²) in [5.74, 6) is -9.02. The zero-order valence-corrected chi connectivity index (χ0v) is 17.0. The molecule has 1 aromatic carbocycles. The zero-order valence-electron chi connectivity index (χ0n) is 17.0. The molecule has 30 heavy (non-hydrogen) atoms. The van der Waals surface area contributed by atoms with Crippen molar-refractivity contribution in [2.75, 3.05) is 14.1 Å². The van der Waals surface area contributed by atoms with E-state index >= 15 is 0 Å². The summed E-state index contributed by atoms with van der Waals surface area (Å²) in [6.07, 6.45) is 0.575. The first-order chi connectivity index (χ1) is 14.0. The number of Topliss-reactive ketones (excluding diaryl/α,β-unsaturated/α-hetero) is 4. The maximum Gasteiger partial charge on any atom is 0.235 e. The van der Waals surface area contributed by atoms with Crippen molar-refractivity contribution in [1.82, 2.24) is 4.90 Å². The molecule has 3 aliphatic carbocycles. The Morgan fingerprint density at radius 1 is 1.17 bits per heavy atom. The summed E-state index contributed by atoms with van der Waals surface area (Å²) in [5.41, 5.74) is 4.69. The van der Waals surface area contributed by atoms with E-state index in [2.05, 4.69) is 0 Å². The molecular formula is C22H24N2O6. The first kappa shape index (κ1) is 20.6. The van der Waals surface area contributed by atoms with Crippen molar-refractivity contribution in [2.24, 2.45) is 29.4 Å². The summed E-state index contributed by atoms with van der Waals surface area (Å²) in [4.78, 5) is 66.2. The average molecular weight is 412 g/mol. The Hall–Kier alpha value is -2.71. The monoisotopic (exact) mass is 412 g/mol. The van der Waals surface area contributed by atoms with Gasteiger partial charge in [-0.25, -0.2) is 0 Å². The summed E-state index contributed by atoms with van der Waals surface area (Å²) in [6, 6.07) is 4.42. The van der Waals surface area contributed by atoms with E-state index in [-0.39, 0.29) is 6.42 Å². The Balaban J connectivity index is 1.87. The number of carbonyl (C=O) groups excluding carboxylic acids is 5. The molecule has 0 bridgehead atoms. The van der Waals surface area contributed by atoms with Gasteiger partial charge in [-0.2, -0.15) is 0 Å². The summed E-state index contributed by atoms with van der Waals surface area (Å²) in [5, 5.41) is 11.4. The maximum atomic E-state index is 13.5. The fourth-order valence-electron chi connectivity index (χ4n) is 5.75. The first-order valence-corrected chi connectivity index (χ1v) is 9.95. The highest BCUT2D eigenvalue weighted by Crippen LogP contribution is 2.49. The van der Waals surface area contributed by atoms with E-state index in [1.807, 2.05) is 12.1 Å². The van der Waals surface area contributed by atoms with E-state index in [4.69, 9.17) is 5.73 Å². The third kappa shape index (κ3) is 2.50. The first-order valence-electron chi connectivity index (χ1n) is 9.95. The van der Waals surface area contributed by atoms with Crippen LogP contribution in [-0.2, 0) is 25.6 Å². The van der Waals surface area contributed by atoms with E-state index in [0.29, 0.717) is 12.0 Å². The summed E-state index contributed by atoms with van der Waals surface area (Å²) < 4.78 is 0. The standard InChI is InChI=1S/C22H24N2O6/c1-9-5-4-6-10-7-11-8-12-16(24(2)3)18(26)15(21(23)29)20(28)22(12,30)19(27)14(11)17(25)13(9)10/h4-6,11-12,14-16,30H,7-8H2,1-3H3,(H2,23,29)/t11-,12-,14?,15?,16-,22-/m0/s1.